The zero-order valence-electron chi connectivity index (χ0n) is 20.1. The third-order valence-electron chi connectivity index (χ3n) is 5.17. The summed E-state index contributed by atoms with van der Waals surface area (Å²) in [5, 5.41) is 18.1. The van der Waals surface area contributed by atoms with Crippen LogP contribution in [0.15, 0.2) is 53.5 Å². The van der Waals surface area contributed by atoms with Gasteiger partial charge in [0.05, 0.1) is 12.0 Å². The maximum atomic E-state index is 11.6. The number of carbonyl (C=O) groups is 1. The lowest BCUT2D eigenvalue weighted by molar-refractivity contribution is -0.136. The van der Waals surface area contributed by atoms with Gasteiger partial charge in [-0.3, -0.25) is 9.79 Å². The highest BCUT2D eigenvalue weighted by Crippen LogP contribution is 2.47. The van der Waals surface area contributed by atoms with Crippen molar-refractivity contribution in [2.24, 2.45) is 4.99 Å². The lowest BCUT2D eigenvalue weighted by atomic mass is 9.88. The van der Waals surface area contributed by atoms with Crippen LogP contribution in [0.3, 0.4) is 0 Å². The minimum absolute atomic E-state index is 0.0639. The molecule has 5 nitrogen and oxygen atoms in total. The van der Waals surface area contributed by atoms with E-state index in [9.17, 15) is 9.90 Å². The van der Waals surface area contributed by atoms with E-state index in [2.05, 4.69) is 4.99 Å². The van der Waals surface area contributed by atoms with Gasteiger partial charge in [-0.15, -0.1) is 0 Å². The van der Waals surface area contributed by atoms with E-state index in [1.807, 2.05) is 69.3 Å². The van der Waals surface area contributed by atoms with Crippen LogP contribution in [0.4, 0.5) is 5.69 Å². The van der Waals surface area contributed by atoms with Crippen LogP contribution in [0.5, 0.6) is 11.5 Å². The Labute approximate surface area is 195 Å². The van der Waals surface area contributed by atoms with Crippen molar-refractivity contribution in [2.75, 3.05) is 0 Å². The molecule has 3 aromatic carbocycles. The molecule has 5 heteroatoms. The van der Waals surface area contributed by atoms with E-state index in [1.54, 1.807) is 27.0 Å². The van der Waals surface area contributed by atoms with Crippen molar-refractivity contribution in [3.63, 3.8) is 0 Å². The second kappa shape index (κ2) is 9.59. The molecular formula is C28H31NO4. The second-order valence-corrected chi connectivity index (χ2v) is 9.29. The zero-order chi connectivity index (χ0) is 24.3. The number of aliphatic imine (C=N–C) groups is 1. The molecule has 0 aliphatic carbocycles. The highest BCUT2D eigenvalue weighted by Gasteiger charge is 2.25. The average Bonchev–Trinajstić information content (AvgIpc) is 2.92. The van der Waals surface area contributed by atoms with Gasteiger partial charge >= 0.3 is 5.97 Å². The number of ether oxygens (including phenoxy) is 1. The molecule has 33 heavy (non-hydrogen) atoms. The Morgan fingerprint density at radius 2 is 1.58 bits per heavy atom. The van der Waals surface area contributed by atoms with Crippen molar-refractivity contribution in [1.29, 1.82) is 0 Å². The fraction of sp³-hybridized carbons (Fsp3) is 0.286. The highest BCUT2D eigenvalue weighted by molar-refractivity contribution is 5.92. The molecule has 0 saturated heterocycles. The molecule has 0 atom stereocenters. The van der Waals surface area contributed by atoms with Crippen molar-refractivity contribution in [1.82, 2.24) is 0 Å². The first kappa shape index (κ1) is 24.2. The van der Waals surface area contributed by atoms with Crippen molar-refractivity contribution in [3.8, 4) is 22.6 Å². The predicted molar refractivity (Wildman–Crippen MR) is 133 cm³/mol. The van der Waals surface area contributed by atoms with Gasteiger partial charge in [0.2, 0.25) is 0 Å². The predicted octanol–water partition coefficient (Wildman–Crippen LogP) is 6.54. The Morgan fingerprint density at radius 1 is 0.970 bits per heavy atom. The number of carboxylic acids is 1. The zero-order valence-corrected chi connectivity index (χ0v) is 20.1. The molecule has 0 spiro atoms. The Morgan fingerprint density at radius 3 is 2.18 bits per heavy atom. The van der Waals surface area contributed by atoms with Crippen molar-refractivity contribution < 1.29 is 19.7 Å². The molecule has 0 amide bonds. The van der Waals surface area contributed by atoms with Crippen LogP contribution in [-0.4, -0.2) is 28.0 Å². The number of para-hydroxylation sites is 1. The molecule has 0 radical (unpaired) electrons. The van der Waals surface area contributed by atoms with Crippen LogP contribution in [0.25, 0.3) is 11.1 Å². The second-order valence-electron chi connectivity index (χ2n) is 9.29. The van der Waals surface area contributed by atoms with Crippen LogP contribution in [0.1, 0.15) is 48.6 Å². The Bertz CT molecular complexity index is 1200. The quantitative estimate of drug-likeness (QED) is 0.375. The largest absolute Gasteiger partial charge is 0.481 e. The van der Waals surface area contributed by atoms with Gasteiger partial charge in [0.25, 0.3) is 0 Å². The van der Waals surface area contributed by atoms with E-state index in [0.717, 1.165) is 44.7 Å². The summed E-state index contributed by atoms with van der Waals surface area (Å²) in [7, 11) is 0. The Balaban J connectivity index is 0.000000555. The molecule has 0 unspecified atom stereocenters. The summed E-state index contributed by atoms with van der Waals surface area (Å²) in [5.74, 6) is 0.564. The first-order valence-corrected chi connectivity index (χ1v) is 10.9. The third-order valence-corrected chi connectivity index (χ3v) is 5.17. The molecule has 3 aromatic rings. The van der Waals surface area contributed by atoms with Crippen LogP contribution in [0, 0.1) is 20.8 Å². The Kier molecular flexibility index (Phi) is 7.04. The smallest absolute Gasteiger partial charge is 0.307 e. The topological polar surface area (TPSA) is 79.1 Å². The van der Waals surface area contributed by atoms with E-state index < -0.39 is 11.6 Å². The summed E-state index contributed by atoms with van der Waals surface area (Å²) in [6.07, 6.45) is 1.72. The molecule has 1 heterocycles. The molecule has 1 aliphatic heterocycles. The van der Waals surface area contributed by atoms with Gasteiger partial charge in [-0.25, -0.2) is 0 Å². The molecular weight excluding hydrogens is 414 g/mol. The van der Waals surface area contributed by atoms with Crippen molar-refractivity contribution in [2.45, 2.75) is 53.6 Å². The van der Waals surface area contributed by atoms with E-state index in [1.165, 1.54) is 0 Å². The highest BCUT2D eigenvalue weighted by atomic mass is 16.5. The number of rotatable bonds is 3. The maximum Gasteiger partial charge on any atom is 0.307 e. The fourth-order valence-corrected chi connectivity index (χ4v) is 3.71. The van der Waals surface area contributed by atoms with Gasteiger partial charge in [-0.05, 0) is 75.9 Å². The lowest BCUT2D eigenvalue weighted by Gasteiger charge is -2.21. The van der Waals surface area contributed by atoms with Crippen LogP contribution in [-0.2, 0) is 11.2 Å². The number of fused-ring (bicyclic) bond motifs is 2. The number of hydrogen-bond acceptors (Lipinski definition) is 4. The van der Waals surface area contributed by atoms with Gasteiger partial charge < -0.3 is 14.9 Å². The van der Waals surface area contributed by atoms with Gasteiger partial charge in [0.1, 0.15) is 11.4 Å². The number of aliphatic carboxylic acids is 1. The number of nitrogens with zero attached hydrogens (tertiary/aromatic N) is 1. The van der Waals surface area contributed by atoms with Crippen LogP contribution in [0.2, 0.25) is 0 Å². The molecule has 4 rings (SSSR count). The summed E-state index contributed by atoms with van der Waals surface area (Å²) in [5.41, 5.74) is 6.65. The molecule has 1 aliphatic rings. The molecule has 0 bridgehead atoms. The van der Waals surface area contributed by atoms with E-state index in [0.29, 0.717) is 11.4 Å². The van der Waals surface area contributed by atoms with Crippen LogP contribution >= 0.6 is 0 Å². The van der Waals surface area contributed by atoms with Gasteiger partial charge in [-0.1, -0.05) is 42.0 Å². The Hall–Kier alpha value is -3.44. The van der Waals surface area contributed by atoms with E-state index in [4.69, 9.17) is 9.84 Å². The van der Waals surface area contributed by atoms with Crippen LogP contribution < -0.4 is 4.74 Å². The summed E-state index contributed by atoms with van der Waals surface area (Å²) in [6, 6.07) is 15.9. The summed E-state index contributed by atoms with van der Waals surface area (Å²) in [4.78, 5) is 16.3. The van der Waals surface area contributed by atoms with Gasteiger partial charge in [0, 0.05) is 17.3 Å². The lowest BCUT2D eigenvalue weighted by Crippen LogP contribution is -2.10. The number of benzene rings is 3. The minimum Gasteiger partial charge on any atom is -0.481 e. The fourth-order valence-electron chi connectivity index (χ4n) is 3.71. The molecule has 172 valence electrons. The minimum atomic E-state index is -0.863. The van der Waals surface area contributed by atoms with E-state index >= 15 is 0 Å². The standard InChI is InChI=1S/C24H21NO3.C4H10O/c1-14-8-10-17(11-9-14)22-16(3)24-23(15(2)19(22)12-21(26)27)25-13-18-6-4-5-7-20(18)28-24;1-4(2,3)5/h4-11,13H,12H2,1-3H3,(H,26,27);5H,1-3H3. The summed E-state index contributed by atoms with van der Waals surface area (Å²) < 4.78 is 6.29. The maximum absolute atomic E-state index is 11.6. The number of hydrogen-bond donors (Lipinski definition) is 2. The van der Waals surface area contributed by atoms with E-state index in [-0.39, 0.29) is 6.42 Å². The van der Waals surface area contributed by atoms with Crippen molar-refractivity contribution >= 4 is 17.9 Å². The van der Waals surface area contributed by atoms with Gasteiger partial charge in [0.15, 0.2) is 5.75 Å². The average molecular weight is 446 g/mol. The third kappa shape index (κ3) is 5.88. The first-order valence-electron chi connectivity index (χ1n) is 10.9. The molecule has 0 aromatic heterocycles. The summed E-state index contributed by atoms with van der Waals surface area (Å²) >= 11 is 0. The van der Waals surface area contributed by atoms with Gasteiger partial charge in [-0.2, -0.15) is 0 Å². The normalized spacial score (nSPS) is 12.0. The van der Waals surface area contributed by atoms with Crippen molar-refractivity contribution in [3.05, 3.63) is 76.3 Å². The number of aryl methyl sites for hydroxylation is 1. The SMILES string of the molecule is CC(C)(C)O.Cc1ccc(-c2c(C)c3c(c(C)c2CC(=O)O)N=Cc2ccccc2O3)cc1. The number of aliphatic hydroxyl groups is 1. The molecule has 2 N–H and O–H groups in total. The molecule has 0 saturated carbocycles. The number of carboxylic acid groups (broad SMARTS) is 1. The first-order chi connectivity index (χ1) is 15.5. The molecule has 0 fully saturated rings. The summed E-state index contributed by atoms with van der Waals surface area (Å²) in [6.45, 7) is 11.2. The monoisotopic (exact) mass is 445 g/mol.